The van der Waals surface area contributed by atoms with Gasteiger partial charge in [-0.3, -0.25) is 43.5 Å². The largest absolute Gasteiger partial charge is 0.480 e. The Labute approximate surface area is 239 Å². The molecule has 0 heterocycles. The molecule has 236 valence electrons. The van der Waals surface area contributed by atoms with E-state index >= 15 is 0 Å². The minimum absolute atomic E-state index is 0.123. The number of ether oxygens (including phenoxy) is 1. The van der Waals surface area contributed by atoms with Gasteiger partial charge in [0.1, 0.15) is 6.61 Å². The van der Waals surface area contributed by atoms with Gasteiger partial charge in [-0.15, -0.1) is 0 Å². The van der Waals surface area contributed by atoms with Crippen molar-refractivity contribution in [2.75, 3.05) is 59.0 Å². The molecule has 5 N–H and O–H groups in total. The zero-order valence-electron chi connectivity index (χ0n) is 23.7. The molecule has 0 aliphatic carbocycles. The van der Waals surface area contributed by atoms with E-state index in [4.69, 9.17) is 14.9 Å². The molecule has 1 unspecified atom stereocenters. The van der Waals surface area contributed by atoms with E-state index in [2.05, 4.69) is 6.92 Å². The van der Waals surface area contributed by atoms with Gasteiger partial charge in [-0.25, -0.2) is 0 Å². The van der Waals surface area contributed by atoms with Crippen molar-refractivity contribution in [1.29, 1.82) is 0 Å². The third kappa shape index (κ3) is 22.1. The number of carboxylic acids is 5. The number of carbonyl (C=O) groups excluding carboxylic acids is 1. The van der Waals surface area contributed by atoms with Gasteiger partial charge >= 0.3 is 35.8 Å². The van der Waals surface area contributed by atoms with Crippen LogP contribution in [0.3, 0.4) is 0 Å². The standard InChI is InChI=1S/C26H45N3O12/c1-2-3-4-5-6-7-8-9-10-26(40)41-19-20(29(17-24(36)37)18-25(38)39)13-27(14-21(30)31)11-12-28(15-22(32)33)16-23(34)35/h20H,2-19H2,1H3,(H,30,31)(H,32,33)(H,34,35)(H,36,37)(H,38,39). The molecule has 15 nitrogen and oxygen atoms in total. The highest BCUT2D eigenvalue weighted by molar-refractivity contribution is 5.73. The maximum atomic E-state index is 12.4. The second-order valence-corrected chi connectivity index (χ2v) is 9.88. The van der Waals surface area contributed by atoms with Crippen LogP contribution in [0.4, 0.5) is 0 Å². The molecule has 0 aromatic rings. The van der Waals surface area contributed by atoms with E-state index in [9.17, 15) is 44.1 Å². The molecule has 0 saturated heterocycles. The topological polar surface area (TPSA) is 223 Å². The third-order valence-corrected chi connectivity index (χ3v) is 6.14. The Morgan fingerprint density at radius 1 is 0.585 bits per heavy atom. The lowest BCUT2D eigenvalue weighted by Gasteiger charge is -2.33. The summed E-state index contributed by atoms with van der Waals surface area (Å²) in [6.07, 6.45) is 8.29. The zero-order valence-corrected chi connectivity index (χ0v) is 23.7. The Balaban J connectivity index is 5.41. The lowest BCUT2D eigenvalue weighted by Crippen LogP contribution is -2.52. The molecule has 0 bridgehead atoms. The third-order valence-electron chi connectivity index (χ3n) is 6.14. The van der Waals surface area contributed by atoms with E-state index in [1.807, 2.05) is 0 Å². The molecule has 0 aromatic carbocycles. The second kappa shape index (κ2) is 22.4. The number of esters is 1. The average Bonchev–Trinajstić information content (AvgIpc) is 2.84. The first-order chi connectivity index (χ1) is 19.3. The number of carbonyl (C=O) groups is 6. The molecule has 0 spiro atoms. The predicted octanol–water partition coefficient (Wildman–Crippen LogP) is 0.758. The number of carboxylic acid groups (broad SMARTS) is 5. The Bertz CT molecular complexity index is 807. The fourth-order valence-corrected chi connectivity index (χ4v) is 4.20. The molecular weight excluding hydrogens is 546 g/mol. The summed E-state index contributed by atoms with van der Waals surface area (Å²) in [6, 6.07) is -1.03. The molecule has 0 aromatic heterocycles. The van der Waals surface area contributed by atoms with Gasteiger partial charge in [0.2, 0.25) is 0 Å². The highest BCUT2D eigenvalue weighted by Crippen LogP contribution is 2.11. The lowest BCUT2D eigenvalue weighted by atomic mass is 10.1. The molecule has 0 aliphatic rings. The Morgan fingerprint density at radius 2 is 1.00 bits per heavy atom. The van der Waals surface area contributed by atoms with Crippen molar-refractivity contribution >= 4 is 35.8 Å². The normalized spacial score (nSPS) is 12.0. The van der Waals surface area contributed by atoms with Crippen LogP contribution in [0.5, 0.6) is 0 Å². The van der Waals surface area contributed by atoms with Crippen molar-refractivity contribution in [1.82, 2.24) is 14.7 Å². The van der Waals surface area contributed by atoms with Gasteiger partial charge < -0.3 is 30.3 Å². The molecule has 0 amide bonds. The number of aliphatic carboxylic acids is 5. The van der Waals surface area contributed by atoms with Crippen molar-refractivity contribution in [3.63, 3.8) is 0 Å². The van der Waals surface area contributed by atoms with Gasteiger partial charge in [0.05, 0.1) is 38.8 Å². The molecule has 0 saturated carbocycles. The van der Waals surface area contributed by atoms with Crippen LogP contribution in [-0.4, -0.2) is 141 Å². The highest BCUT2D eigenvalue weighted by atomic mass is 16.5. The molecular formula is C26H45N3O12. The smallest absolute Gasteiger partial charge is 0.317 e. The van der Waals surface area contributed by atoms with Crippen LogP contribution in [0.25, 0.3) is 0 Å². The van der Waals surface area contributed by atoms with Gasteiger partial charge in [-0.2, -0.15) is 0 Å². The van der Waals surface area contributed by atoms with Crippen LogP contribution >= 0.6 is 0 Å². The van der Waals surface area contributed by atoms with Gasteiger partial charge in [0.25, 0.3) is 0 Å². The Morgan fingerprint density at radius 3 is 1.46 bits per heavy atom. The van der Waals surface area contributed by atoms with E-state index < -0.39 is 81.2 Å². The van der Waals surface area contributed by atoms with Crippen LogP contribution < -0.4 is 0 Å². The molecule has 41 heavy (non-hydrogen) atoms. The molecule has 0 rings (SSSR count). The van der Waals surface area contributed by atoms with E-state index in [1.54, 1.807) is 0 Å². The van der Waals surface area contributed by atoms with E-state index in [-0.39, 0.29) is 26.1 Å². The van der Waals surface area contributed by atoms with Gasteiger partial charge in [0.15, 0.2) is 0 Å². The minimum atomic E-state index is -1.35. The monoisotopic (exact) mass is 591 g/mol. The van der Waals surface area contributed by atoms with Gasteiger partial charge in [-0.1, -0.05) is 51.9 Å². The van der Waals surface area contributed by atoms with Gasteiger partial charge in [0, 0.05) is 26.1 Å². The Hall–Kier alpha value is -3.30. The quantitative estimate of drug-likeness (QED) is 0.0657. The maximum Gasteiger partial charge on any atom is 0.317 e. The fraction of sp³-hybridized carbons (Fsp3) is 0.769. The Kier molecular flexibility index (Phi) is 20.6. The van der Waals surface area contributed by atoms with Crippen molar-refractivity contribution in [3.8, 4) is 0 Å². The van der Waals surface area contributed by atoms with Crippen molar-refractivity contribution in [2.24, 2.45) is 0 Å². The van der Waals surface area contributed by atoms with Crippen LogP contribution in [0.15, 0.2) is 0 Å². The number of hydrogen-bond acceptors (Lipinski definition) is 10. The van der Waals surface area contributed by atoms with Crippen LogP contribution in [-0.2, 0) is 33.5 Å². The minimum Gasteiger partial charge on any atom is -0.480 e. The summed E-state index contributed by atoms with van der Waals surface area (Å²) in [7, 11) is 0. The van der Waals surface area contributed by atoms with E-state index in [0.717, 1.165) is 41.9 Å². The summed E-state index contributed by atoms with van der Waals surface area (Å²) in [5.41, 5.74) is 0. The summed E-state index contributed by atoms with van der Waals surface area (Å²) < 4.78 is 5.34. The number of unbranched alkanes of at least 4 members (excludes halogenated alkanes) is 7. The first kappa shape index (κ1) is 37.7. The zero-order chi connectivity index (χ0) is 31.2. The van der Waals surface area contributed by atoms with Gasteiger partial charge in [-0.05, 0) is 6.42 Å². The van der Waals surface area contributed by atoms with Crippen molar-refractivity contribution in [3.05, 3.63) is 0 Å². The number of rotatable bonds is 27. The van der Waals surface area contributed by atoms with Crippen molar-refractivity contribution < 1.29 is 59.0 Å². The molecule has 15 heteroatoms. The van der Waals surface area contributed by atoms with E-state index in [1.165, 1.54) is 17.7 Å². The SMILES string of the molecule is CCCCCCCCCCC(=O)OCC(CN(CCN(CC(=O)O)CC(=O)O)CC(=O)O)N(CC(=O)O)CC(=O)O. The average molecular weight is 592 g/mol. The first-order valence-electron chi connectivity index (χ1n) is 13.8. The molecule has 1 atom stereocenters. The highest BCUT2D eigenvalue weighted by Gasteiger charge is 2.28. The summed E-state index contributed by atoms with van der Waals surface area (Å²) >= 11 is 0. The predicted molar refractivity (Wildman–Crippen MR) is 145 cm³/mol. The second-order valence-electron chi connectivity index (χ2n) is 9.88. The van der Waals surface area contributed by atoms with Crippen molar-refractivity contribution in [2.45, 2.75) is 70.8 Å². The summed E-state index contributed by atoms with van der Waals surface area (Å²) in [5.74, 6) is -7.09. The summed E-state index contributed by atoms with van der Waals surface area (Å²) in [6.45, 7) is -2.07. The molecule has 0 aliphatic heterocycles. The van der Waals surface area contributed by atoms with Crippen LogP contribution in [0, 0.1) is 0 Å². The maximum absolute atomic E-state index is 12.4. The first-order valence-corrected chi connectivity index (χ1v) is 13.8. The summed E-state index contributed by atoms with van der Waals surface area (Å²) in [5, 5.41) is 46.1. The number of nitrogens with zero attached hydrogens (tertiary/aromatic N) is 3. The van der Waals surface area contributed by atoms with Crippen LogP contribution in [0.1, 0.15) is 64.7 Å². The molecule has 0 fully saturated rings. The summed E-state index contributed by atoms with van der Waals surface area (Å²) in [4.78, 5) is 72.3. The fourth-order valence-electron chi connectivity index (χ4n) is 4.20. The van der Waals surface area contributed by atoms with E-state index in [0.29, 0.717) is 6.42 Å². The number of hydrogen-bond donors (Lipinski definition) is 5. The molecule has 0 radical (unpaired) electrons. The lowest BCUT2D eigenvalue weighted by molar-refractivity contribution is -0.149. The van der Waals surface area contributed by atoms with Crippen LogP contribution in [0.2, 0.25) is 0 Å².